The second kappa shape index (κ2) is 11.0. The van der Waals surface area contributed by atoms with E-state index in [1.54, 1.807) is 6.92 Å². The van der Waals surface area contributed by atoms with Crippen LogP contribution in [0.4, 0.5) is 22.0 Å². The number of fused-ring (bicyclic) bond motifs is 1. The van der Waals surface area contributed by atoms with E-state index in [1.807, 2.05) is 0 Å². The lowest BCUT2D eigenvalue weighted by atomic mass is 10.0. The molecule has 0 saturated heterocycles. The van der Waals surface area contributed by atoms with Crippen molar-refractivity contribution < 1.29 is 50.1 Å². The highest BCUT2D eigenvalue weighted by Gasteiger charge is 2.27. The van der Waals surface area contributed by atoms with Gasteiger partial charge in [-0.1, -0.05) is 6.07 Å². The second-order valence-electron chi connectivity index (χ2n) is 7.92. The predicted octanol–water partition coefficient (Wildman–Crippen LogP) is 5.93. The maximum absolute atomic E-state index is 14.0. The molecule has 12 heteroatoms. The van der Waals surface area contributed by atoms with Crippen LogP contribution in [0.25, 0.3) is 22.1 Å². The van der Waals surface area contributed by atoms with Gasteiger partial charge in [0.25, 0.3) is 0 Å². The smallest absolute Gasteiger partial charge is 0.375 e. The van der Waals surface area contributed by atoms with E-state index in [9.17, 15) is 31.5 Å². The number of hydrogen-bond acceptors (Lipinski definition) is 7. The van der Waals surface area contributed by atoms with Crippen molar-refractivity contribution in [3.05, 3.63) is 87.0 Å². The number of carbonyl (C=O) groups is 1. The van der Waals surface area contributed by atoms with Gasteiger partial charge in [0, 0.05) is 6.07 Å². The van der Waals surface area contributed by atoms with Gasteiger partial charge in [-0.3, -0.25) is 4.79 Å². The van der Waals surface area contributed by atoms with Crippen molar-refractivity contribution in [1.29, 1.82) is 0 Å². The van der Waals surface area contributed by atoms with Gasteiger partial charge in [-0.05, 0) is 36.8 Å². The largest absolute Gasteiger partial charge is 0.493 e. The quantitative estimate of drug-likeness (QED) is 0.116. The van der Waals surface area contributed by atoms with Crippen molar-refractivity contribution in [3.8, 4) is 28.4 Å². The SMILES string of the molecule is CCOC(=O)c1oc2cc(OCc3c(F)c(F)c(F)c(F)c3F)ccc2c(=O)c1-c1ccc(OC)c(OC)c1. The Labute approximate surface area is 217 Å². The first-order chi connectivity index (χ1) is 18.6. The van der Waals surface area contributed by atoms with Crippen LogP contribution in [0, 0.1) is 29.1 Å². The van der Waals surface area contributed by atoms with Crippen molar-refractivity contribution in [2.45, 2.75) is 13.5 Å². The van der Waals surface area contributed by atoms with Crippen molar-refractivity contribution in [2.24, 2.45) is 0 Å². The summed E-state index contributed by atoms with van der Waals surface area (Å²) < 4.78 is 94.8. The molecule has 204 valence electrons. The number of hydrogen-bond donors (Lipinski definition) is 0. The minimum atomic E-state index is -2.29. The Morgan fingerprint density at radius 1 is 0.846 bits per heavy atom. The average molecular weight is 550 g/mol. The highest BCUT2D eigenvalue weighted by atomic mass is 19.2. The molecule has 0 spiro atoms. The molecule has 0 saturated carbocycles. The van der Waals surface area contributed by atoms with E-state index >= 15 is 0 Å². The molecule has 0 atom stereocenters. The molecular formula is C27H19F5O7. The summed E-state index contributed by atoms with van der Waals surface area (Å²) in [7, 11) is 2.82. The Balaban J connectivity index is 1.81. The number of rotatable bonds is 8. The lowest BCUT2D eigenvalue weighted by molar-refractivity contribution is 0.0492. The van der Waals surface area contributed by atoms with E-state index in [4.69, 9.17) is 23.4 Å². The van der Waals surface area contributed by atoms with E-state index in [0.29, 0.717) is 5.75 Å². The fourth-order valence-corrected chi connectivity index (χ4v) is 3.79. The minimum Gasteiger partial charge on any atom is -0.493 e. The normalized spacial score (nSPS) is 11.0. The zero-order chi connectivity index (χ0) is 28.4. The van der Waals surface area contributed by atoms with Gasteiger partial charge < -0.3 is 23.4 Å². The van der Waals surface area contributed by atoms with Crippen molar-refractivity contribution in [3.63, 3.8) is 0 Å². The third-order valence-corrected chi connectivity index (χ3v) is 5.68. The summed E-state index contributed by atoms with van der Waals surface area (Å²) in [6, 6.07) is 8.14. The molecule has 0 amide bonds. The number of halogens is 5. The fourth-order valence-electron chi connectivity index (χ4n) is 3.79. The van der Waals surface area contributed by atoms with Gasteiger partial charge in [-0.2, -0.15) is 0 Å². The minimum absolute atomic E-state index is 0.00332. The van der Waals surface area contributed by atoms with Crippen LogP contribution in [-0.2, 0) is 11.3 Å². The Morgan fingerprint density at radius 2 is 1.49 bits per heavy atom. The Bertz CT molecular complexity index is 1620. The molecule has 0 aliphatic heterocycles. The Kier molecular flexibility index (Phi) is 7.75. The molecular weight excluding hydrogens is 531 g/mol. The van der Waals surface area contributed by atoms with Gasteiger partial charge in [-0.15, -0.1) is 0 Å². The molecule has 0 fully saturated rings. The molecule has 0 radical (unpaired) electrons. The third kappa shape index (κ3) is 4.97. The maximum atomic E-state index is 14.0. The van der Waals surface area contributed by atoms with Crippen LogP contribution in [0.5, 0.6) is 17.2 Å². The highest BCUT2D eigenvalue weighted by Crippen LogP contribution is 2.34. The monoisotopic (exact) mass is 550 g/mol. The number of ether oxygens (including phenoxy) is 4. The molecule has 0 bridgehead atoms. The van der Waals surface area contributed by atoms with E-state index in [0.717, 1.165) is 6.07 Å². The molecule has 0 unspecified atom stereocenters. The summed E-state index contributed by atoms with van der Waals surface area (Å²) in [5.41, 5.74) is -1.85. The van der Waals surface area contributed by atoms with Gasteiger partial charge in [0.15, 0.2) is 34.8 Å². The average Bonchev–Trinajstić information content (AvgIpc) is 2.94. The van der Waals surface area contributed by atoms with Crippen molar-refractivity contribution in [1.82, 2.24) is 0 Å². The van der Waals surface area contributed by atoms with Crippen LogP contribution in [0.15, 0.2) is 45.6 Å². The highest BCUT2D eigenvalue weighted by molar-refractivity contribution is 5.98. The topological polar surface area (TPSA) is 84.2 Å². The zero-order valence-electron chi connectivity index (χ0n) is 20.6. The lowest BCUT2D eigenvalue weighted by Gasteiger charge is -2.13. The summed E-state index contributed by atoms with van der Waals surface area (Å²) in [5, 5.41) is -0.00332. The van der Waals surface area contributed by atoms with E-state index in [-0.39, 0.29) is 40.2 Å². The first-order valence-electron chi connectivity index (χ1n) is 11.3. The summed E-state index contributed by atoms with van der Waals surface area (Å²) in [4.78, 5) is 26.2. The molecule has 7 nitrogen and oxygen atoms in total. The molecule has 4 aromatic rings. The first-order valence-corrected chi connectivity index (χ1v) is 11.3. The van der Waals surface area contributed by atoms with Crippen LogP contribution < -0.4 is 19.6 Å². The van der Waals surface area contributed by atoms with Crippen molar-refractivity contribution >= 4 is 16.9 Å². The molecule has 0 aliphatic rings. The first kappa shape index (κ1) is 27.4. The molecule has 1 aromatic heterocycles. The summed E-state index contributed by atoms with van der Waals surface area (Å²) in [5.74, 6) is -11.5. The van der Waals surface area contributed by atoms with Gasteiger partial charge >= 0.3 is 5.97 Å². The summed E-state index contributed by atoms with van der Waals surface area (Å²) in [6.45, 7) is 0.492. The Morgan fingerprint density at radius 3 is 2.10 bits per heavy atom. The van der Waals surface area contributed by atoms with Crippen LogP contribution in [0.2, 0.25) is 0 Å². The molecule has 4 rings (SSSR count). The molecule has 3 aromatic carbocycles. The number of benzene rings is 3. The number of carbonyl (C=O) groups excluding carboxylic acids is 1. The molecule has 1 heterocycles. The van der Waals surface area contributed by atoms with Gasteiger partial charge in [0.05, 0.1) is 37.3 Å². The maximum Gasteiger partial charge on any atom is 0.375 e. The van der Waals surface area contributed by atoms with E-state index < -0.39 is 58.4 Å². The fraction of sp³-hybridized carbons (Fsp3) is 0.185. The predicted molar refractivity (Wildman–Crippen MR) is 128 cm³/mol. The molecule has 39 heavy (non-hydrogen) atoms. The zero-order valence-corrected chi connectivity index (χ0v) is 20.6. The van der Waals surface area contributed by atoms with E-state index in [2.05, 4.69) is 0 Å². The Hall–Kier alpha value is -4.61. The van der Waals surface area contributed by atoms with E-state index in [1.165, 1.54) is 44.6 Å². The van der Waals surface area contributed by atoms with Crippen LogP contribution in [-0.4, -0.2) is 26.8 Å². The van der Waals surface area contributed by atoms with Crippen LogP contribution in [0.1, 0.15) is 23.0 Å². The van der Waals surface area contributed by atoms with Crippen molar-refractivity contribution in [2.75, 3.05) is 20.8 Å². The molecule has 0 N–H and O–H groups in total. The second-order valence-corrected chi connectivity index (χ2v) is 7.92. The lowest BCUT2D eigenvalue weighted by Crippen LogP contribution is -2.15. The standard InChI is InChI=1S/C27H19F5O7/c1-4-37-27(34)26-19(12-5-8-16(35-2)18(9-12)36-3)25(33)14-7-6-13(10-17(14)39-26)38-11-15-20(28)22(30)24(32)23(31)21(15)29/h5-10H,4,11H2,1-3H3. The van der Waals surface area contributed by atoms with Gasteiger partial charge in [0.2, 0.25) is 17.0 Å². The van der Waals surface area contributed by atoms with Crippen LogP contribution >= 0.6 is 0 Å². The van der Waals surface area contributed by atoms with Gasteiger partial charge in [0.1, 0.15) is 17.9 Å². The van der Waals surface area contributed by atoms with Crippen LogP contribution in [0.3, 0.4) is 0 Å². The number of methoxy groups -OCH3 is 2. The summed E-state index contributed by atoms with van der Waals surface area (Å²) >= 11 is 0. The van der Waals surface area contributed by atoms with Gasteiger partial charge in [-0.25, -0.2) is 26.7 Å². The molecule has 0 aliphatic carbocycles. The third-order valence-electron chi connectivity index (χ3n) is 5.68. The number of esters is 1. The summed E-state index contributed by atoms with van der Waals surface area (Å²) in [6.07, 6.45) is 0.